The van der Waals surface area contributed by atoms with Crippen molar-refractivity contribution < 1.29 is 9.47 Å². The second-order valence-corrected chi connectivity index (χ2v) is 6.17. The van der Waals surface area contributed by atoms with Crippen LogP contribution in [0.1, 0.15) is 51.6 Å². The lowest BCUT2D eigenvalue weighted by Crippen LogP contribution is -2.23. The lowest BCUT2D eigenvalue weighted by Gasteiger charge is -2.19. The summed E-state index contributed by atoms with van der Waals surface area (Å²) in [5.74, 6) is 0.924. The van der Waals surface area contributed by atoms with Crippen LogP contribution in [-0.2, 0) is 4.74 Å². The van der Waals surface area contributed by atoms with Crippen molar-refractivity contribution in [3.8, 4) is 5.75 Å². The summed E-state index contributed by atoms with van der Waals surface area (Å²) in [6, 6.07) is 8.80. The summed E-state index contributed by atoms with van der Waals surface area (Å²) in [7, 11) is 2.00. The molecule has 1 aromatic carbocycles. The molecule has 2 atom stereocenters. The molecule has 0 aliphatic carbocycles. The number of hydrogen-bond donors (Lipinski definition) is 1. The Balaban J connectivity index is 1.85. The Hall–Kier alpha value is -1.06. The van der Waals surface area contributed by atoms with E-state index in [0.29, 0.717) is 12.6 Å². The van der Waals surface area contributed by atoms with E-state index in [4.69, 9.17) is 9.47 Å². The van der Waals surface area contributed by atoms with Gasteiger partial charge in [0.05, 0.1) is 11.7 Å². The van der Waals surface area contributed by atoms with Gasteiger partial charge in [-0.25, -0.2) is 0 Å². The molecular formula is C17H27NO2. The standard InChI is InChI=1S/C17H27NO2/c1-5-16(18-4)13-6-8-14(9-7-13)19-12-15-10-11-17(2,3)20-15/h6-9,15-16,18H,5,10-12H2,1-4H3. The third-order valence-electron chi connectivity index (χ3n) is 4.03. The monoisotopic (exact) mass is 277 g/mol. The summed E-state index contributed by atoms with van der Waals surface area (Å²) >= 11 is 0. The number of benzene rings is 1. The highest BCUT2D eigenvalue weighted by atomic mass is 16.6. The highest BCUT2D eigenvalue weighted by Crippen LogP contribution is 2.29. The SMILES string of the molecule is CCC(NC)c1ccc(OCC2CCC(C)(C)O2)cc1. The average Bonchev–Trinajstić information content (AvgIpc) is 2.79. The van der Waals surface area contributed by atoms with E-state index in [9.17, 15) is 0 Å². The fraction of sp³-hybridized carbons (Fsp3) is 0.647. The van der Waals surface area contributed by atoms with Gasteiger partial charge in [-0.2, -0.15) is 0 Å². The lowest BCUT2D eigenvalue weighted by atomic mass is 10.0. The van der Waals surface area contributed by atoms with Crippen molar-refractivity contribution in [2.24, 2.45) is 0 Å². The van der Waals surface area contributed by atoms with Crippen LogP contribution in [0.3, 0.4) is 0 Å². The first-order valence-corrected chi connectivity index (χ1v) is 7.62. The Morgan fingerprint density at radius 3 is 2.55 bits per heavy atom. The first-order chi connectivity index (χ1) is 9.54. The fourth-order valence-electron chi connectivity index (χ4n) is 2.79. The minimum Gasteiger partial charge on any atom is -0.491 e. The van der Waals surface area contributed by atoms with Crippen LogP contribution >= 0.6 is 0 Å². The molecule has 1 heterocycles. The summed E-state index contributed by atoms with van der Waals surface area (Å²) in [6.07, 6.45) is 3.51. The Morgan fingerprint density at radius 2 is 2.05 bits per heavy atom. The van der Waals surface area contributed by atoms with Gasteiger partial charge in [0, 0.05) is 6.04 Å². The normalized spacial score (nSPS) is 22.7. The number of nitrogens with one attached hydrogen (secondary N) is 1. The molecule has 2 unspecified atom stereocenters. The van der Waals surface area contributed by atoms with E-state index in [0.717, 1.165) is 25.0 Å². The third kappa shape index (κ3) is 3.97. The van der Waals surface area contributed by atoms with Gasteiger partial charge in [0.1, 0.15) is 12.4 Å². The van der Waals surface area contributed by atoms with Crippen molar-refractivity contribution in [2.75, 3.05) is 13.7 Å². The van der Waals surface area contributed by atoms with Gasteiger partial charge in [-0.05, 0) is 57.9 Å². The maximum absolute atomic E-state index is 5.93. The predicted octanol–water partition coefficient (Wildman–Crippen LogP) is 3.69. The highest BCUT2D eigenvalue weighted by molar-refractivity contribution is 5.29. The molecule has 1 aliphatic rings. The van der Waals surface area contributed by atoms with E-state index in [-0.39, 0.29) is 11.7 Å². The molecule has 0 saturated carbocycles. The number of hydrogen-bond acceptors (Lipinski definition) is 3. The Kier molecular flexibility index (Phi) is 5.06. The molecule has 1 aliphatic heterocycles. The Bertz CT molecular complexity index is 410. The van der Waals surface area contributed by atoms with Crippen molar-refractivity contribution in [1.29, 1.82) is 0 Å². The van der Waals surface area contributed by atoms with Crippen molar-refractivity contribution in [1.82, 2.24) is 5.32 Å². The minimum atomic E-state index is 0.0129. The first-order valence-electron chi connectivity index (χ1n) is 7.62. The molecule has 0 aromatic heterocycles. The van der Waals surface area contributed by atoms with Crippen LogP contribution in [0.15, 0.2) is 24.3 Å². The summed E-state index contributed by atoms with van der Waals surface area (Å²) in [6.45, 7) is 7.12. The second kappa shape index (κ2) is 6.59. The van der Waals surface area contributed by atoms with E-state index in [1.807, 2.05) is 7.05 Å². The van der Waals surface area contributed by atoms with Crippen LogP contribution < -0.4 is 10.1 Å². The Morgan fingerprint density at radius 1 is 1.35 bits per heavy atom. The quantitative estimate of drug-likeness (QED) is 0.860. The number of rotatable bonds is 6. The zero-order valence-electron chi connectivity index (χ0n) is 13.1. The molecule has 1 saturated heterocycles. The molecule has 20 heavy (non-hydrogen) atoms. The lowest BCUT2D eigenvalue weighted by molar-refractivity contribution is -0.0326. The van der Waals surface area contributed by atoms with Crippen LogP contribution in [-0.4, -0.2) is 25.4 Å². The maximum atomic E-state index is 5.93. The van der Waals surface area contributed by atoms with Crippen molar-refractivity contribution in [3.63, 3.8) is 0 Å². The van der Waals surface area contributed by atoms with Crippen molar-refractivity contribution in [3.05, 3.63) is 29.8 Å². The second-order valence-electron chi connectivity index (χ2n) is 6.17. The van der Waals surface area contributed by atoms with Gasteiger partial charge in [-0.15, -0.1) is 0 Å². The molecule has 112 valence electrons. The van der Waals surface area contributed by atoms with Crippen molar-refractivity contribution >= 4 is 0 Å². The van der Waals surface area contributed by atoms with Gasteiger partial charge < -0.3 is 14.8 Å². The molecular weight excluding hydrogens is 250 g/mol. The van der Waals surface area contributed by atoms with Crippen LogP contribution in [0.2, 0.25) is 0 Å². The minimum absolute atomic E-state index is 0.0129. The third-order valence-corrected chi connectivity index (χ3v) is 4.03. The van der Waals surface area contributed by atoms with Gasteiger partial charge in [0.15, 0.2) is 0 Å². The molecule has 1 fully saturated rings. The molecule has 0 amide bonds. The smallest absolute Gasteiger partial charge is 0.119 e. The van der Waals surface area contributed by atoms with Gasteiger partial charge >= 0.3 is 0 Å². The van der Waals surface area contributed by atoms with E-state index in [1.165, 1.54) is 5.56 Å². The molecule has 3 nitrogen and oxygen atoms in total. The zero-order valence-corrected chi connectivity index (χ0v) is 13.1. The Labute approximate surface area is 122 Å². The summed E-state index contributed by atoms with van der Waals surface area (Å²) in [4.78, 5) is 0. The molecule has 1 aromatic rings. The van der Waals surface area contributed by atoms with Gasteiger partial charge in [-0.3, -0.25) is 0 Å². The van der Waals surface area contributed by atoms with Crippen LogP contribution in [0.4, 0.5) is 0 Å². The van der Waals surface area contributed by atoms with Crippen molar-refractivity contribution in [2.45, 2.75) is 57.8 Å². The maximum Gasteiger partial charge on any atom is 0.119 e. The molecule has 1 N–H and O–H groups in total. The van der Waals surface area contributed by atoms with Crippen LogP contribution in [0, 0.1) is 0 Å². The predicted molar refractivity (Wildman–Crippen MR) is 82.2 cm³/mol. The zero-order chi connectivity index (χ0) is 14.6. The number of ether oxygens (including phenoxy) is 2. The largest absolute Gasteiger partial charge is 0.491 e. The molecule has 0 radical (unpaired) electrons. The fourth-order valence-corrected chi connectivity index (χ4v) is 2.79. The van der Waals surface area contributed by atoms with Crippen LogP contribution in [0.5, 0.6) is 5.75 Å². The van der Waals surface area contributed by atoms with Gasteiger partial charge in [0.25, 0.3) is 0 Å². The average molecular weight is 277 g/mol. The molecule has 0 bridgehead atoms. The highest BCUT2D eigenvalue weighted by Gasteiger charge is 2.31. The summed E-state index contributed by atoms with van der Waals surface area (Å²) in [5, 5.41) is 3.31. The van der Waals surface area contributed by atoms with Gasteiger partial charge in [-0.1, -0.05) is 19.1 Å². The molecule has 2 rings (SSSR count). The van der Waals surface area contributed by atoms with E-state index < -0.39 is 0 Å². The molecule has 0 spiro atoms. The van der Waals surface area contributed by atoms with E-state index in [2.05, 4.69) is 50.4 Å². The van der Waals surface area contributed by atoms with Gasteiger partial charge in [0.2, 0.25) is 0 Å². The summed E-state index contributed by atoms with van der Waals surface area (Å²) in [5.41, 5.74) is 1.32. The topological polar surface area (TPSA) is 30.5 Å². The summed E-state index contributed by atoms with van der Waals surface area (Å²) < 4.78 is 11.8. The van der Waals surface area contributed by atoms with E-state index >= 15 is 0 Å². The van der Waals surface area contributed by atoms with Crippen LogP contribution in [0.25, 0.3) is 0 Å². The molecule has 3 heteroatoms. The first kappa shape index (κ1) is 15.3. The van der Waals surface area contributed by atoms with E-state index in [1.54, 1.807) is 0 Å².